The zero-order valence-corrected chi connectivity index (χ0v) is 8.38. The lowest BCUT2D eigenvalue weighted by molar-refractivity contribution is -0.104. The topological polar surface area (TPSA) is 17.1 Å². The fraction of sp³-hybridized carbons (Fsp3) is 0.182. The van der Waals surface area contributed by atoms with Crippen molar-refractivity contribution < 1.29 is 4.79 Å². The Bertz CT molecular complexity index is 290. The molecule has 0 spiro atoms. The SMILES string of the molecule is CSC/C(C=O)=C\c1ccccc1. The van der Waals surface area contributed by atoms with Crippen molar-refractivity contribution in [1.29, 1.82) is 0 Å². The second kappa shape index (κ2) is 5.60. The Balaban J connectivity index is 2.79. The van der Waals surface area contributed by atoms with Crippen LogP contribution in [0, 0.1) is 0 Å². The summed E-state index contributed by atoms with van der Waals surface area (Å²) in [5.74, 6) is 0.776. The fourth-order valence-electron chi connectivity index (χ4n) is 1.04. The van der Waals surface area contributed by atoms with Crippen LogP contribution < -0.4 is 0 Å². The monoisotopic (exact) mass is 192 g/mol. The number of thioether (sulfide) groups is 1. The summed E-state index contributed by atoms with van der Waals surface area (Å²) < 4.78 is 0. The Hall–Kier alpha value is -1.02. The second-order valence-corrected chi connectivity index (χ2v) is 3.55. The maximum Gasteiger partial charge on any atom is 0.146 e. The molecular weight excluding hydrogens is 180 g/mol. The van der Waals surface area contributed by atoms with Gasteiger partial charge in [-0.2, -0.15) is 11.8 Å². The summed E-state index contributed by atoms with van der Waals surface area (Å²) in [6.45, 7) is 0. The molecule has 0 fully saturated rings. The number of carbonyl (C=O) groups is 1. The molecule has 0 aliphatic rings. The van der Waals surface area contributed by atoms with Gasteiger partial charge in [-0.05, 0) is 17.9 Å². The summed E-state index contributed by atoms with van der Waals surface area (Å²) in [5, 5.41) is 0. The molecular formula is C11H12OS. The van der Waals surface area contributed by atoms with E-state index >= 15 is 0 Å². The van der Waals surface area contributed by atoms with Gasteiger partial charge < -0.3 is 0 Å². The Morgan fingerprint density at radius 2 is 2.08 bits per heavy atom. The van der Waals surface area contributed by atoms with Crippen LogP contribution >= 0.6 is 11.8 Å². The normalized spacial score (nSPS) is 11.3. The first-order valence-electron chi connectivity index (χ1n) is 4.06. The Kier molecular flexibility index (Phi) is 4.33. The Morgan fingerprint density at radius 3 is 2.62 bits per heavy atom. The van der Waals surface area contributed by atoms with Gasteiger partial charge in [0.2, 0.25) is 0 Å². The molecule has 2 heteroatoms. The van der Waals surface area contributed by atoms with E-state index in [1.165, 1.54) is 0 Å². The van der Waals surface area contributed by atoms with Crippen LogP contribution in [0.25, 0.3) is 6.08 Å². The van der Waals surface area contributed by atoms with E-state index in [0.717, 1.165) is 23.2 Å². The maximum atomic E-state index is 10.6. The third-order valence-electron chi connectivity index (χ3n) is 1.61. The summed E-state index contributed by atoms with van der Waals surface area (Å²) in [6.07, 6.45) is 4.83. The molecule has 0 bridgehead atoms. The van der Waals surface area contributed by atoms with Crippen molar-refractivity contribution >= 4 is 24.1 Å². The molecule has 0 saturated carbocycles. The number of hydrogen-bond acceptors (Lipinski definition) is 2. The second-order valence-electron chi connectivity index (χ2n) is 2.68. The third-order valence-corrected chi connectivity index (χ3v) is 2.24. The standard InChI is InChI=1S/C11H12OS/c1-13-9-11(8-12)7-10-5-3-2-4-6-10/h2-8H,9H2,1H3/b11-7-. The molecule has 1 nitrogen and oxygen atoms in total. The van der Waals surface area contributed by atoms with Crippen LogP contribution in [0.5, 0.6) is 0 Å². The minimum atomic E-state index is 0.776. The molecule has 0 unspecified atom stereocenters. The highest BCUT2D eigenvalue weighted by atomic mass is 32.2. The predicted octanol–water partition coefficient (Wildman–Crippen LogP) is 2.63. The lowest BCUT2D eigenvalue weighted by Gasteiger charge is -1.96. The first-order valence-corrected chi connectivity index (χ1v) is 5.46. The highest BCUT2D eigenvalue weighted by molar-refractivity contribution is 7.98. The minimum Gasteiger partial charge on any atom is -0.298 e. The molecule has 0 radical (unpaired) electrons. The molecule has 0 aliphatic heterocycles. The van der Waals surface area contributed by atoms with Crippen molar-refractivity contribution in [1.82, 2.24) is 0 Å². The largest absolute Gasteiger partial charge is 0.298 e. The minimum absolute atomic E-state index is 0.776. The zero-order chi connectivity index (χ0) is 9.52. The number of aldehydes is 1. The molecule has 0 heterocycles. The van der Waals surface area contributed by atoms with Crippen LogP contribution in [-0.4, -0.2) is 18.3 Å². The maximum absolute atomic E-state index is 10.6. The zero-order valence-electron chi connectivity index (χ0n) is 7.57. The van der Waals surface area contributed by atoms with Crippen LogP contribution in [0.2, 0.25) is 0 Å². The third kappa shape index (κ3) is 3.47. The summed E-state index contributed by atoms with van der Waals surface area (Å²) in [4.78, 5) is 10.6. The van der Waals surface area contributed by atoms with Crippen molar-refractivity contribution in [3.05, 3.63) is 41.5 Å². The van der Waals surface area contributed by atoms with E-state index in [1.54, 1.807) is 11.8 Å². The number of carbonyl (C=O) groups excluding carboxylic acids is 1. The fourth-order valence-corrected chi connectivity index (χ4v) is 1.52. The van der Waals surface area contributed by atoms with Crippen LogP contribution in [-0.2, 0) is 4.79 Å². The summed E-state index contributed by atoms with van der Waals surface area (Å²) in [5.41, 5.74) is 1.91. The molecule has 1 aromatic carbocycles. The van der Waals surface area contributed by atoms with E-state index in [1.807, 2.05) is 42.7 Å². The average Bonchev–Trinajstić information content (AvgIpc) is 2.19. The van der Waals surface area contributed by atoms with Gasteiger partial charge in [0.25, 0.3) is 0 Å². The van der Waals surface area contributed by atoms with Crippen molar-refractivity contribution in [2.45, 2.75) is 0 Å². The quantitative estimate of drug-likeness (QED) is 0.539. The average molecular weight is 192 g/mol. The molecule has 0 aromatic heterocycles. The molecule has 0 amide bonds. The first kappa shape index (κ1) is 10.1. The molecule has 13 heavy (non-hydrogen) atoms. The Labute approximate surface area is 82.9 Å². The van der Waals surface area contributed by atoms with E-state index in [0.29, 0.717) is 0 Å². The molecule has 1 aromatic rings. The number of rotatable bonds is 4. The lowest BCUT2D eigenvalue weighted by atomic mass is 10.1. The molecule has 0 saturated heterocycles. The van der Waals surface area contributed by atoms with E-state index < -0.39 is 0 Å². The Morgan fingerprint density at radius 1 is 1.38 bits per heavy atom. The van der Waals surface area contributed by atoms with Gasteiger partial charge in [0, 0.05) is 11.3 Å². The molecule has 68 valence electrons. The van der Waals surface area contributed by atoms with Gasteiger partial charge in [0.05, 0.1) is 0 Å². The van der Waals surface area contributed by atoms with Crippen LogP contribution in [0.1, 0.15) is 5.56 Å². The van der Waals surface area contributed by atoms with E-state index in [2.05, 4.69) is 0 Å². The smallest absolute Gasteiger partial charge is 0.146 e. The predicted molar refractivity (Wildman–Crippen MR) is 58.9 cm³/mol. The van der Waals surface area contributed by atoms with Gasteiger partial charge in [-0.25, -0.2) is 0 Å². The van der Waals surface area contributed by atoms with Gasteiger partial charge >= 0.3 is 0 Å². The highest BCUT2D eigenvalue weighted by Crippen LogP contribution is 2.08. The highest BCUT2D eigenvalue weighted by Gasteiger charge is 1.93. The summed E-state index contributed by atoms with van der Waals surface area (Å²) in [7, 11) is 0. The van der Waals surface area contributed by atoms with Crippen LogP contribution in [0.15, 0.2) is 35.9 Å². The van der Waals surface area contributed by atoms with Crippen LogP contribution in [0.3, 0.4) is 0 Å². The van der Waals surface area contributed by atoms with E-state index in [-0.39, 0.29) is 0 Å². The van der Waals surface area contributed by atoms with Gasteiger partial charge in [-0.3, -0.25) is 4.79 Å². The molecule has 0 aliphatic carbocycles. The van der Waals surface area contributed by atoms with Crippen molar-refractivity contribution in [3.8, 4) is 0 Å². The molecule has 0 N–H and O–H groups in total. The number of hydrogen-bond donors (Lipinski definition) is 0. The van der Waals surface area contributed by atoms with Gasteiger partial charge in [-0.1, -0.05) is 30.3 Å². The van der Waals surface area contributed by atoms with Gasteiger partial charge in [0.1, 0.15) is 6.29 Å². The van der Waals surface area contributed by atoms with Crippen LogP contribution in [0.4, 0.5) is 0 Å². The van der Waals surface area contributed by atoms with E-state index in [4.69, 9.17) is 0 Å². The molecule has 0 atom stereocenters. The summed E-state index contributed by atoms with van der Waals surface area (Å²) in [6, 6.07) is 9.88. The lowest BCUT2D eigenvalue weighted by Crippen LogP contribution is -1.87. The van der Waals surface area contributed by atoms with Crippen molar-refractivity contribution in [2.75, 3.05) is 12.0 Å². The van der Waals surface area contributed by atoms with E-state index in [9.17, 15) is 4.79 Å². The first-order chi connectivity index (χ1) is 6.36. The molecule has 1 rings (SSSR count). The van der Waals surface area contributed by atoms with Crippen molar-refractivity contribution in [3.63, 3.8) is 0 Å². The number of benzene rings is 1. The van der Waals surface area contributed by atoms with Crippen molar-refractivity contribution in [2.24, 2.45) is 0 Å². The summed E-state index contributed by atoms with van der Waals surface area (Å²) >= 11 is 1.65. The van der Waals surface area contributed by atoms with Gasteiger partial charge in [-0.15, -0.1) is 0 Å². The van der Waals surface area contributed by atoms with Gasteiger partial charge in [0.15, 0.2) is 0 Å².